The fourth-order valence-electron chi connectivity index (χ4n) is 2.27. The van der Waals surface area contributed by atoms with Crippen molar-refractivity contribution < 1.29 is 4.74 Å². The number of hydrogen-bond acceptors (Lipinski definition) is 3. The Bertz CT molecular complexity index is 348. The summed E-state index contributed by atoms with van der Waals surface area (Å²) in [6.45, 7) is 6.50. The molecule has 1 rings (SSSR count). The number of nitrogens with zero attached hydrogens (tertiary/aromatic N) is 1. The van der Waals surface area contributed by atoms with E-state index in [0.717, 1.165) is 12.2 Å². The van der Waals surface area contributed by atoms with Crippen LogP contribution in [0.15, 0.2) is 24.3 Å². The maximum absolute atomic E-state index is 6.16. The number of ether oxygens (including phenoxy) is 1. The van der Waals surface area contributed by atoms with Gasteiger partial charge in [0.1, 0.15) is 5.75 Å². The van der Waals surface area contributed by atoms with Crippen molar-refractivity contribution in [2.75, 3.05) is 14.2 Å². The van der Waals surface area contributed by atoms with Crippen molar-refractivity contribution in [1.29, 1.82) is 0 Å². The van der Waals surface area contributed by atoms with Gasteiger partial charge >= 0.3 is 0 Å². The zero-order chi connectivity index (χ0) is 13.7. The summed E-state index contributed by atoms with van der Waals surface area (Å²) in [5.74, 6) is 0.883. The summed E-state index contributed by atoms with van der Waals surface area (Å²) in [7, 11) is 3.83. The average molecular weight is 250 g/mol. The molecule has 0 aliphatic carbocycles. The van der Waals surface area contributed by atoms with Crippen LogP contribution in [0.1, 0.15) is 38.8 Å². The lowest BCUT2D eigenvalue weighted by Crippen LogP contribution is -2.41. The average Bonchev–Trinajstić information content (AvgIpc) is 2.38. The highest BCUT2D eigenvalue weighted by Gasteiger charge is 2.23. The van der Waals surface area contributed by atoms with E-state index >= 15 is 0 Å². The zero-order valence-electron chi connectivity index (χ0n) is 12.2. The minimum Gasteiger partial charge on any atom is -0.497 e. The molecule has 3 unspecified atom stereocenters. The lowest BCUT2D eigenvalue weighted by molar-refractivity contribution is 0.161. The predicted molar refractivity (Wildman–Crippen MR) is 76.9 cm³/mol. The molecule has 0 saturated heterocycles. The first-order chi connectivity index (χ1) is 8.51. The maximum atomic E-state index is 6.16. The van der Waals surface area contributed by atoms with Crippen molar-refractivity contribution in [1.82, 2.24) is 4.90 Å². The van der Waals surface area contributed by atoms with E-state index in [-0.39, 0.29) is 12.1 Å². The number of likely N-dealkylation sites (N-methyl/N-ethyl adjacent to an activating group) is 1. The normalized spacial score (nSPS) is 16.4. The molecule has 0 saturated carbocycles. The topological polar surface area (TPSA) is 38.5 Å². The standard InChI is InChI=1S/C15H26N2O/c1-6-11(2)17(4)15(12(3)16)13-7-9-14(18-5)10-8-13/h7-12,15H,6,16H2,1-5H3. The monoisotopic (exact) mass is 250 g/mol. The molecule has 0 amide bonds. The van der Waals surface area contributed by atoms with Gasteiger partial charge in [0.05, 0.1) is 7.11 Å². The molecule has 0 aliphatic heterocycles. The van der Waals surface area contributed by atoms with E-state index in [2.05, 4.69) is 44.9 Å². The van der Waals surface area contributed by atoms with Crippen LogP contribution >= 0.6 is 0 Å². The first kappa shape index (κ1) is 15.0. The van der Waals surface area contributed by atoms with Gasteiger partial charge < -0.3 is 10.5 Å². The third-order valence-corrected chi connectivity index (χ3v) is 3.68. The van der Waals surface area contributed by atoms with E-state index in [1.165, 1.54) is 5.56 Å². The number of benzene rings is 1. The number of nitrogens with two attached hydrogens (primary N) is 1. The fourth-order valence-corrected chi connectivity index (χ4v) is 2.27. The second kappa shape index (κ2) is 6.76. The van der Waals surface area contributed by atoms with E-state index in [9.17, 15) is 0 Å². The predicted octanol–water partition coefficient (Wildman–Crippen LogP) is 2.81. The molecule has 0 aromatic heterocycles. The molecule has 0 heterocycles. The van der Waals surface area contributed by atoms with Gasteiger partial charge in [-0.2, -0.15) is 0 Å². The van der Waals surface area contributed by atoms with Crippen molar-refractivity contribution in [2.24, 2.45) is 5.73 Å². The third kappa shape index (κ3) is 3.47. The maximum Gasteiger partial charge on any atom is 0.118 e. The van der Waals surface area contributed by atoms with Crippen LogP contribution in [0.25, 0.3) is 0 Å². The quantitative estimate of drug-likeness (QED) is 0.843. The molecule has 3 nitrogen and oxygen atoms in total. The van der Waals surface area contributed by atoms with Crippen molar-refractivity contribution in [3.8, 4) is 5.75 Å². The van der Waals surface area contributed by atoms with Crippen LogP contribution in [0.4, 0.5) is 0 Å². The van der Waals surface area contributed by atoms with E-state index in [0.29, 0.717) is 6.04 Å². The van der Waals surface area contributed by atoms with Gasteiger partial charge in [0.25, 0.3) is 0 Å². The van der Waals surface area contributed by atoms with Gasteiger partial charge in [-0.05, 0) is 45.0 Å². The molecule has 3 atom stereocenters. The van der Waals surface area contributed by atoms with E-state index < -0.39 is 0 Å². The van der Waals surface area contributed by atoms with Crippen LogP contribution in [0.3, 0.4) is 0 Å². The second-order valence-corrected chi connectivity index (χ2v) is 5.00. The molecule has 1 aromatic carbocycles. The largest absolute Gasteiger partial charge is 0.497 e. The first-order valence-corrected chi connectivity index (χ1v) is 6.62. The molecule has 0 aliphatic rings. The van der Waals surface area contributed by atoms with Gasteiger partial charge in [-0.1, -0.05) is 19.1 Å². The summed E-state index contributed by atoms with van der Waals surface area (Å²) in [5.41, 5.74) is 7.40. The smallest absolute Gasteiger partial charge is 0.118 e. The molecule has 3 heteroatoms. The number of methoxy groups -OCH3 is 1. The summed E-state index contributed by atoms with van der Waals surface area (Å²) in [6.07, 6.45) is 1.12. The highest BCUT2D eigenvalue weighted by atomic mass is 16.5. The Balaban J connectivity index is 2.96. The Morgan fingerprint density at radius 2 is 1.78 bits per heavy atom. The Morgan fingerprint density at radius 1 is 1.22 bits per heavy atom. The van der Waals surface area contributed by atoms with Gasteiger partial charge in [0.15, 0.2) is 0 Å². The minimum absolute atomic E-state index is 0.0948. The van der Waals surface area contributed by atoms with E-state index in [1.54, 1.807) is 7.11 Å². The summed E-state index contributed by atoms with van der Waals surface area (Å²) in [6, 6.07) is 9.05. The molecule has 0 spiro atoms. The molecule has 2 N–H and O–H groups in total. The molecule has 1 aromatic rings. The van der Waals surface area contributed by atoms with Crippen molar-refractivity contribution in [2.45, 2.75) is 45.3 Å². The van der Waals surface area contributed by atoms with Gasteiger partial charge in [0, 0.05) is 18.1 Å². The van der Waals surface area contributed by atoms with Crippen molar-refractivity contribution >= 4 is 0 Å². The van der Waals surface area contributed by atoms with Gasteiger partial charge in [-0.3, -0.25) is 4.90 Å². The molecule has 0 fully saturated rings. The third-order valence-electron chi connectivity index (χ3n) is 3.68. The number of hydrogen-bond donors (Lipinski definition) is 1. The van der Waals surface area contributed by atoms with Gasteiger partial charge in [-0.15, -0.1) is 0 Å². The Hall–Kier alpha value is -1.06. The molecule has 0 bridgehead atoms. The Kier molecular flexibility index (Phi) is 5.63. The van der Waals surface area contributed by atoms with E-state index in [1.807, 2.05) is 12.1 Å². The minimum atomic E-state index is 0.0948. The molecule has 102 valence electrons. The van der Waals surface area contributed by atoms with Crippen LogP contribution in [0.2, 0.25) is 0 Å². The highest BCUT2D eigenvalue weighted by Crippen LogP contribution is 2.26. The van der Waals surface area contributed by atoms with Crippen molar-refractivity contribution in [3.05, 3.63) is 29.8 Å². The summed E-state index contributed by atoms with van der Waals surface area (Å²) in [4.78, 5) is 2.35. The SMILES string of the molecule is CCC(C)N(C)C(c1ccc(OC)cc1)C(C)N. The van der Waals surface area contributed by atoms with E-state index in [4.69, 9.17) is 10.5 Å². The van der Waals surface area contributed by atoms with Crippen LogP contribution in [0, 0.1) is 0 Å². The molecular formula is C15H26N2O. The zero-order valence-corrected chi connectivity index (χ0v) is 12.2. The Morgan fingerprint density at radius 3 is 2.17 bits per heavy atom. The Labute approximate surface area is 111 Å². The molecule has 18 heavy (non-hydrogen) atoms. The lowest BCUT2D eigenvalue weighted by atomic mass is 9.97. The molecular weight excluding hydrogens is 224 g/mol. The fraction of sp³-hybridized carbons (Fsp3) is 0.600. The van der Waals surface area contributed by atoms with Gasteiger partial charge in [0.2, 0.25) is 0 Å². The summed E-state index contributed by atoms with van der Waals surface area (Å²) < 4.78 is 5.19. The van der Waals surface area contributed by atoms with Crippen LogP contribution < -0.4 is 10.5 Å². The highest BCUT2D eigenvalue weighted by molar-refractivity contribution is 5.29. The number of rotatable bonds is 6. The van der Waals surface area contributed by atoms with Crippen LogP contribution in [-0.2, 0) is 0 Å². The summed E-state index contributed by atoms with van der Waals surface area (Å²) in [5, 5.41) is 0. The summed E-state index contributed by atoms with van der Waals surface area (Å²) >= 11 is 0. The first-order valence-electron chi connectivity index (χ1n) is 6.62. The van der Waals surface area contributed by atoms with Crippen LogP contribution in [0.5, 0.6) is 5.75 Å². The lowest BCUT2D eigenvalue weighted by Gasteiger charge is -2.35. The van der Waals surface area contributed by atoms with Gasteiger partial charge in [-0.25, -0.2) is 0 Å². The molecule has 0 radical (unpaired) electrons. The van der Waals surface area contributed by atoms with Crippen molar-refractivity contribution in [3.63, 3.8) is 0 Å². The van der Waals surface area contributed by atoms with Crippen LogP contribution in [-0.4, -0.2) is 31.1 Å². The second-order valence-electron chi connectivity index (χ2n) is 5.00.